The van der Waals surface area contributed by atoms with Gasteiger partial charge < -0.3 is 5.32 Å². The third-order valence-electron chi connectivity index (χ3n) is 4.28. The van der Waals surface area contributed by atoms with Crippen LogP contribution in [0.1, 0.15) is 36.9 Å². The molecule has 0 aliphatic heterocycles. The van der Waals surface area contributed by atoms with Crippen LogP contribution in [0.25, 0.3) is 0 Å². The van der Waals surface area contributed by atoms with Crippen LogP contribution in [-0.2, 0) is 10.2 Å². The highest BCUT2D eigenvalue weighted by atomic mass is 35.5. The summed E-state index contributed by atoms with van der Waals surface area (Å²) in [5.74, 6) is 0.0716. The summed E-state index contributed by atoms with van der Waals surface area (Å²) in [6, 6.07) is 15.1. The maximum Gasteiger partial charge on any atom is 0.231 e. The summed E-state index contributed by atoms with van der Waals surface area (Å²) in [4.78, 5) is 12.7. The Kier molecular flexibility index (Phi) is 4.16. The number of amides is 1. The van der Waals surface area contributed by atoms with Gasteiger partial charge in [-0.15, -0.1) is 0 Å². The van der Waals surface area contributed by atoms with E-state index in [0.717, 1.165) is 24.0 Å². The van der Waals surface area contributed by atoms with Gasteiger partial charge in [-0.3, -0.25) is 4.79 Å². The van der Waals surface area contributed by atoms with Crippen LogP contribution in [0.15, 0.2) is 48.5 Å². The van der Waals surface area contributed by atoms with Crippen molar-refractivity contribution < 1.29 is 4.79 Å². The van der Waals surface area contributed by atoms with E-state index in [2.05, 4.69) is 5.32 Å². The Balaban J connectivity index is 1.75. The second-order valence-electron chi connectivity index (χ2n) is 5.84. The summed E-state index contributed by atoms with van der Waals surface area (Å²) in [6.45, 7) is 1.97. The van der Waals surface area contributed by atoms with E-state index >= 15 is 0 Å². The molecule has 3 rings (SSSR count). The van der Waals surface area contributed by atoms with Crippen LogP contribution in [0.4, 0.5) is 0 Å². The lowest BCUT2D eigenvalue weighted by atomic mass is 9.94. The lowest BCUT2D eigenvalue weighted by Crippen LogP contribution is -2.36. The number of nitrogens with one attached hydrogen (secondary N) is 1. The quantitative estimate of drug-likeness (QED) is 0.846. The van der Waals surface area contributed by atoms with Crippen LogP contribution < -0.4 is 5.32 Å². The molecule has 2 nitrogen and oxygen atoms in total. The van der Waals surface area contributed by atoms with Crippen molar-refractivity contribution in [3.63, 3.8) is 0 Å². The van der Waals surface area contributed by atoms with Crippen molar-refractivity contribution in [3.05, 3.63) is 69.7 Å². The molecule has 1 N–H and O–H groups in total. The zero-order chi connectivity index (χ0) is 15.7. The van der Waals surface area contributed by atoms with Gasteiger partial charge in [0.15, 0.2) is 0 Å². The molecule has 1 aliphatic rings. The molecule has 22 heavy (non-hydrogen) atoms. The molecule has 2 aromatic carbocycles. The molecule has 1 aliphatic carbocycles. The molecule has 0 bridgehead atoms. The fourth-order valence-electron chi connectivity index (χ4n) is 2.73. The molecule has 2 aromatic rings. The first-order valence-corrected chi connectivity index (χ1v) is 8.09. The van der Waals surface area contributed by atoms with Crippen LogP contribution in [0.3, 0.4) is 0 Å². The van der Waals surface area contributed by atoms with Crippen LogP contribution in [0.2, 0.25) is 10.0 Å². The van der Waals surface area contributed by atoms with Crippen molar-refractivity contribution in [1.29, 1.82) is 0 Å². The summed E-state index contributed by atoms with van der Waals surface area (Å²) >= 11 is 11.9. The summed E-state index contributed by atoms with van der Waals surface area (Å²) < 4.78 is 0. The molecule has 1 fully saturated rings. The minimum Gasteiger partial charge on any atom is -0.349 e. The van der Waals surface area contributed by atoms with Crippen molar-refractivity contribution in [3.8, 4) is 0 Å². The number of carbonyl (C=O) groups excluding carboxylic acids is 1. The summed E-state index contributed by atoms with van der Waals surface area (Å²) in [5.41, 5.74) is 1.65. The minimum absolute atomic E-state index is 0.0716. The minimum atomic E-state index is -0.391. The van der Waals surface area contributed by atoms with Gasteiger partial charge in [-0.25, -0.2) is 0 Å². The Morgan fingerprint density at radius 1 is 1.09 bits per heavy atom. The Labute approximate surface area is 140 Å². The van der Waals surface area contributed by atoms with Gasteiger partial charge in [-0.1, -0.05) is 47.5 Å². The highest BCUT2D eigenvalue weighted by Gasteiger charge is 2.51. The zero-order valence-corrected chi connectivity index (χ0v) is 13.8. The average molecular weight is 334 g/mol. The molecule has 0 saturated heterocycles. The number of rotatable bonds is 4. The van der Waals surface area contributed by atoms with Crippen molar-refractivity contribution in [2.75, 3.05) is 0 Å². The molecule has 0 spiro atoms. The van der Waals surface area contributed by atoms with Gasteiger partial charge in [-0.2, -0.15) is 0 Å². The summed E-state index contributed by atoms with van der Waals surface area (Å²) in [7, 11) is 0. The van der Waals surface area contributed by atoms with Crippen molar-refractivity contribution in [2.45, 2.75) is 31.2 Å². The van der Waals surface area contributed by atoms with Crippen LogP contribution in [0, 0.1) is 0 Å². The van der Waals surface area contributed by atoms with Gasteiger partial charge in [0.2, 0.25) is 5.91 Å². The standard InChI is InChI=1S/C18H17Cl2NO/c1-12(13-3-2-4-16(20)11-13)21-17(22)18(9-10-18)14-5-7-15(19)8-6-14/h2-8,11-12H,9-10H2,1H3,(H,21,22). The second kappa shape index (κ2) is 5.94. The predicted octanol–water partition coefficient (Wildman–Crippen LogP) is 4.90. The van der Waals surface area contributed by atoms with E-state index < -0.39 is 5.41 Å². The molecule has 4 heteroatoms. The van der Waals surface area contributed by atoms with Crippen molar-refractivity contribution >= 4 is 29.1 Å². The number of hydrogen-bond donors (Lipinski definition) is 1. The number of benzene rings is 2. The number of hydrogen-bond acceptors (Lipinski definition) is 1. The molecular formula is C18H17Cl2NO. The largest absolute Gasteiger partial charge is 0.349 e. The molecule has 1 atom stereocenters. The third-order valence-corrected chi connectivity index (χ3v) is 4.76. The first-order chi connectivity index (χ1) is 10.5. The SMILES string of the molecule is CC(NC(=O)C1(c2ccc(Cl)cc2)CC1)c1cccc(Cl)c1. The summed E-state index contributed by atoms with van der Waals surface area (Å²) in [6.07, 6.45) is 1.76. The Morgan fingerprint density at radius 3 is 2.36 bits per heavy atom. The fourth-order valence-corrected chi connectivity index (χ4v) is 3.06. The first-order valence-electron chi connectivity index (χ1n) is 7.34. The summed E-state index contributed by atoms with van der Waals surface area (Å²) in [5, 5.41) is 4.47. The fraction of sp³-hybridized carbons (Fsp3) is 0.278. The van der Waals surface area contributed by atoms with E-state index in [1.54, 1.807) is 0 Å². The van der Waals surface area contributed by atoms with E-state index in [4.69, 9.17) is 23.2 Å². The zero-order valence-electron chi connectivity index (χ0n) is 12.3. The maximum absolute atomic E-state index is 12.7. The number of halogens is 2. The molecular weight excluding hydrogens is 317 g/mol. The van der Waals surface area contributed by atoms with E-state index in [1.807, 2.05) is 55.5 Å². The second-order valence-corrected chi connectivity index (χ2v) is 6.71. The molecule has 0 radical (unpaired) electrons. The maximum atomic E-state index is 12.7. The van der Waals surface area contributed by atoms with Gasteiger partial charge in [0.05, 0.1) is 11.5 Å². The van der Waals surface area contributed by atoms with Gasteiger partial charge in [-0.05, 0) is 55.2 Å². The van der Waals surface area contributed by atoms with E-state index in [-0.39, 0.29) is 11.9 Å². The van der Waals surface area contributed by atoms with Gasteiger partial charge in [0.25, 0.3) is 0 Å². The molecule has 114 valence electrons. The van der Waals surface area contributed by atoms with Gasteiger partial charge in [0.1, 0.15) is 0 Å². The molecule has 1 amide bonds. The highest BCUT2D eigenvalue weighted by Crippen LogP contribution is 2.48. The predicted molar refractivity (Wildman–Crippen MR) is 90.4 cm³/mol. The van der Waals surface area contributed by atoms with Crippen molar-refractivity contribution in [1.82, 2.24) is 5.32 Å². The van der Waals surface area contributed by atoms with E-state index in [0.29, 0.717) is 10.0 Å². The van der Waals surface area contributed by atoms with E-state index in [9.17, 15) is 4.79 Å². The highest BCUT2D eigenvalue weighted by molar-refractivity contribution is 6.30. The molecule has 0 aromatic heterocycles. The Hall–Kier alpha value is -1.51. The van der Waals surface area contributed by atoms with Crippen molar-refractivity contribution in [2.24, 2.45) is 0 Å². The van der Waals surface area contributed by atoms with Crippen LogP contribution in [0.5, 0.6) is 0 Å². The molecule has 0 heterocycles. The molecule has 1 unspecified atom stereocenters. The average Bonchev–Trinajstić information content (AvgIpc) is 3.29. The van der Waals surface area contributed by atoms with Crippen LogP contribution >= 0.6 is 23.2 Å². The lowest BCUT2D eigenvalue weighted by molar-refractivity contribution is -0.124. The topological polar surface area (TPSA) is 29.1 Å². The van der Waals surface area contributed by atoms with Gasteiger partial charge in [0, 0.05) is 10.0 Å². The van der Waals surface area contributed by atoms with Crippen LogP contribution in [-0.4, -0.2) is 5.91 Å². The lowest BCUT2D eigenvalue weighted by Gasteiger charge is -2.20. The Morgan fingerprint density at radius 2 is 1.77 bits per heavy atom. The van der Waals surface area contributed by atoms with Gasteiger partial charge >= 0.3 is 0 Å². The normalized spacial score (nSPS) is 16.9. The monoisotopic (exact) mass is 333 g/mol. The number of carbonyl (C=O) groups is 1. The van der Waals surface area contributed by atoms with E-state index in [1.165, 1.54) is 0 Å². The molecule has 1 saturated carbocycles. The third kappa shape index (κ3) is 2.99. The Bertz CT molecular complexity index is 692. The first kappa shape index (κ1) is 15.4. The smallest absolute Gasteiger partial charge is 0.231 e.